The van der Waals surface area contributed by atoms with Gasteiger partial charge in [-0.2, -0.15) is 4.31 Å². The third kappa shape index (κ3) is 6.89. The largest absolute Gasteiger partial charge is 0.370 e. The summed E-state index contributed by atoms with van der Waals surface area (Å²) in [5, 5.41) is 0. The number of rotatable bonds is 8. The van der Waals surface area contributed by atoms with E-state index in [1.54, 1.807) is 4.31 Å². The summed E-state index contributed by atoms with van der Waals surface area (Å²) in [6.07, 6.45) is 1.46. The highest BCUT2D eigenvalue weighted by Crippen LogP contribution is 2.32. The Hall–Kier alpha value is -3.04. The van der Waals surface area contributed by atoms with Crippen LogP contribution in [0.3, 0.4) is 0 Å². The zero-order valence-electron chi connectivity index (χ0n) is 24.4. The Labute approximate surface area is 244 Å². The summed E-state index contributed by atoms with van der Waals surface area (Å²) in [5.41, 5.74) is 5.95. The van der Waals surface area contributed by atoms with Gasteiger partial charge in [0.15, 0.2) is 0 Å². The van der Waals surface area contributed by atoms with Crippen LogP contribution >= 0.6 is 0 Å². The Balaban J connectivity index is 1.24. The Morgan fingerprint density at radius 2 is 1.56 bits per heavy atom. The van der Waals surface area contributed by atoms with E-state index < -0.39 is 16.1 Å². The molecule has 0 N–H and O–H groups in total. The van der Waals surface area contributed by atoms with E-state index in [-0.39, 0.29) is 25.7 Å². The number of amides is 1. The molecule has 1 amide bonds. The number of carbonyl (C=O) groups is 1. The van der Waals surface area contributed by atoms with Gasteiger partial charge in [0, 0.05) is 39.3 Å². The molecule has 0 aromatic heterocycles. The van der Waals surface area contributed by atoms with Gasteiger partial charge < -0.3 is 9.64 Å². The van der Waals surface area contributed by atoms with Crippen LogP contribution in [-0.2, 0) is 39.1 Å². The number of hydrogen-bond acceptors (Lipinski definition) is 5. The summed E-state index contributed by atoms with van der Waals surface area (Å²) in [4.78, 5) is 17.8. The molecule has 218 valence electrons. The van der Waals surface area contributed by atoms with Crippen LogP contribution in [0.15, 0.2) is 71.6 Å². The standard InChI is InChI=1S/C33H41N3O4S/c1-25-18-26(2)33(27(3)19-25)41(38,39)36-22-30-13-8-7-12-29(30)20-31(36)23-40-24-32(37)35-15-9-14-34(16-17-35)21-28-10-5-4-6-11-28/h4-8,10-13,18-19,31H,9,14-17,20-24H2,1-3H3. The molecule has 41 heavy (non-hydrogen) atoms. The number of benzene rings is 3. The Morgan fingerprint density at radius 3 is 2.29 bits per heavy atom. The summed E-state index contributed by atoms with van der Waals surface area (Å²) in [5.74, 6) is -0.0394. The van der Waals surface area contributed by atoms with Gasteiger partial charge in [-0.05, 0) is 61.4 Å². The van der Waals surface area contributed by atoms with Crippen molar-refractivity contribution in [1.82, 2.24) is 14.1 Å². The van der Waals surface area contributed by atoms with Gasteiger partial charge in [0.2, 0.25) is 15.9 Å². The quantitative estimate of drug-likeness (QED) is 0.396. The second-order valence-electron chi connectivity index (χ2n) is 11.4. The van der Waals surface area contributed by atoms with Crippen LogP contribution in [0.25, 0.3) is 0 Å². The molecule has 0 spiro atoms. The van der Waals surface area contributed by atoms with Crippen LogP contribution in [0.1, 0.15) is 39.8 Å². The number of ether oxygens (including phenoxy) is 1. The minimum atomic E-state index is -3.79. The fraction of sp³-hybridized carbons (Fsp3) is 0.424. The molecule has 2 heterocycles. The summed E-state index contributed by atoms with van der Waals surface area (Å²) in [6, 6.07) is 21.8. The normalized spacial score (nSPS) is 18.6. The van der Waals surface area contributed by atoms with E-state index in [1.807, 2.05) is 62.1 Å². The summed E-state index contributed by atoms with van der Waals surface area (Å²) in [7, 11) is -3.79. The van der Waals surface area contributed by atoms with Crippen molar-refractivity contribution in [2.24, 2.45) is 0 Å². The third-order valence-electron chi connectivity index (χ3n) is 8.20. The maximum Gasteiger partial charge on any atom is 0.248 e. The van der Waals surface area contributed by atoms with Crippen LogP contribution in [-0.4, -0.2) is 73.9 Å². The van der Waals surface area contributed by atoms with Crippen molar-refractivity contribution < 1.29 is 17.9 Å². The molecule has 1 fully saturated rings. The van der Waals surface area contributed by atoms with E-state index in [1.165, 1.54) is 5.56 Å². The lowest BCUT2D eigenvalue weighted by atomic mass is 9.96. The molecule has 8 heteroatoms. The van der Waals surface area contributed by atoms with E-state index in [0.29, 0.717) is 24.4 Å². The van der Waals surface area contributed by atoms with Crippen LogP contribution < -0.4 is 0 Å². The van der Waals surface area contributed by atoms with Crippen LogP contribution in [0.2, 0.25) is 0 Å². The van der Waals surface area contributed by atoms with Gasteiger partial charge in [-0.15, -0.1) is 0 Å². The van der Waals surface area contributed by atoms with E-state index >= 15 is 0 Å². The number of hydrogen-bond donors (Lipinski definition) is 0. The van der Waals surface area contributed by atoms with Crippen molar-refractivity contribution in [1.29, 1.82) is 0 Å². The molecule has 0 saturated carbocycles. The first-order valence-electron chi connectivity index (χ1n) is 14.5. The Kier molecular flexibility index (Phi) is 9.24. The number of nitrogens with zero attached hydrogens (tertiary/aromatic N) is 3. The minimum absolute atomic E-state index is 0.0394. The van der Waals surface area contributed by atoms with Gasteiger partial charge in [-0.3, -0.25) is 9.69 Å². The van der Waals surface area contributed by atoms with Crippen molar-refractivity contribution >= 4 is 15.9 Å². The lowest BCUT2D eigenvalue weighted by molar-refractivity contribution is -0.136. The first kappa shape index (κ1) is 29.5. The average Bonchev–Trinajstić information content (AvgIpc) is 3.18. The molecule has 0 aliphatic carbocycles. The highest BCUT2D eigenvalue weighted by Gasteiger charge is 2.37. The summed E-state index contributed by atoms with van der Waals surface area (Å²) >= 11 is 0. The summed E-state index contributed by atoms with van der Waals surface area (Å²) in [6.45, 7) is 10.1. The molecule has 1 saturated heterocycles. The molecule has 1 unspecified atom stereocenters. The third-order valence-corrected chi connectivity index (χ3v) is 10.4. The lowest BCUT2D eigenvalue weighted by Crippen LogP contribution is -2.47. The number of aryl methyl sites for hydroxylation is 3. The molecular weight excluding hydrogens is 534 g/mol. The van der Waals surface area contributed by atoms with Crippen molar-refractivity contribution in [3.05, 3.63) is 100 Å². The predicted octanol–water partition coefficient (Wildman–Crippen LogP) is 4.48. The second-order valence-corrected chi connectivity index (χ2v) is 13.2. The molecule has 2 aliphatic rings. The first-order valence-corrected chi connectivity index (χ1v) is 15.9. The molecule has 1 atom stereocenters. The zero-order chi connectivity index (χ0) is 29.0. The molecule has 0 bridgehead atoms. The molecular formula is C33H41N3O4S. The smallest absolute Gasteiger partial charge is 0.248 e. The first-order chi connectivity index (χ1) is 19.7. The minimum Gasteiger partial charge on any atom is -0.370 e. The molecule has 7 nitrogen and oxygen atoms in total. The maximum absolute atomic E-state index is 14.1. The van der Waals surface area contributed by atoms with Crippen molar-refractivity contribution in [2.75, 3.05) is 39.4 Å². The Morgan fingerprint density at radius 1 is 0.878 bits per heavy atom. The van der Waals surface area contributed by atoms with Gasteiger partial charge in [-0.25, -0.2) is 8.42 Å². The van der Waals surface area contributed by atoms with Gasteiger partial charge in [-0.1, -0.05) is 72.3 Å². The van der Waals surface area contributed by atoms with Crippen molar-refractivity contribution in [3.63, 3.8) is 0 Å². The van der Waals surface area contributed by atoms with Crippen LogP contribution in [0, 0.1) is 20.8 Å². The second kappa shape index (κ2) is 12.9. The summed E-state index contributed by atoms with van der Waals surface area (Å²) < 4.78 is 35.8. The van der Waals surface area contributed by atoms with E-state index in [4.69, 9.17) is 4.74 Å². The molecule has 3 aromatic carbocycles. The highest BCUT2D eigenvalue weighted by atomic mass is 32.2. The van der Waals surface area contributed by atoms with Gasteiger partial charge in [0.05, 0.1) is 17.5 Å². The number of carbonyl (C=O) groups excluding carboxylic acids is 1. The van der Waals surface area contributed by atoms with Gasteiger partial charge in [0.1, 0.15) is 6.61 Å². The van der Waals surface area contributed by atoms with Crippen molar-refractivity contribution in [2.45, 2.75) is 57.6 Å². The van der Waals surface area contributed by atoms with Gasteiger partial charge in [0.25, 0.3) is 0 Å². The number of fused-ring (bicyclic) bond motifs is 1. The van der Waals surface area contributed by atoms with E-state index in [2.05, 4.69) is 35.2 Å². The fourth-order valence-corrected chi connectivity index (χ4v) is 8.27. The SMILES string of the molecule is Cc1cc(C)c(S(=O)(=O)N2Cc3ccccc3CC2COCC(=O)N2CCCN(Cc3ccccc3)CC2)c(C)c1. The lowest BCUT2D eigenvalue weighted by Gasteiger charge is -2.36. The van der Waals surface area contributed by atoms with E-state index in [9.17, 15) is 13.2 Å². The molecule has 2 aliphatic heterocycles. The molecule has 3 aromatic rings. The predicted molar refractivity (Wildman–Crippen MR) is 161 cm³/mol. The maximum atomic E-state index is 14.1. The highest BCUT2D eigenvalue weighted by molar-refractivity contribution is 7.89. The zero-order valence-corrected chi connectivity index (χ0v) is 25.2. The fourth-order valence-electron chi connectivity index (χ4n) is 6.27. The van der Waals surface area contributed by atoms with Crippen molar-refractivity contribution in [3.8, 4) is 0 Å². The molecule has 0 radical (unpaired) electrons. The van der Waals surface area contributed by atoms with E-state index in [0.717, 1.165) is 53.9 Å². The average molecular weight is 576 g/mol. The Bertz CT molecular complexity index is 1450. The number of sulfonamides is 1. The topological polar surface area (TPSA) is 70.2 Å². The monoisotopic (exact) mass is 575 g/mol. The van der Waals surface area contributed by atoms with Gasteiger partial charge >= 0.3 is 0 Å². The van der Waals surface area contributed by atoms with Crippen LogP contribution in [0.5, 0.6) is 0 Å². The van der Waals surface area contributed by atoms with Crippen LogP contribution in [0.4, 0.5) is 0 Å². The molecule has 5 rings (SSSR count).